The predicted octanol–water partition coefficient (Wildman–Crippen LogP) is 2.97. The van der Waals surface area contributed by atoms with E-state index in [9.17, 15) is 5.11 Å². The zero-order valence-electron chi connectivity index (χ0n) is 10.9. The lowest BCUT2D eigenvalue weighted by Crippen LogP contribution is -2.43. The molecule has 0 aliphatic rings. The van der Waals surface area contributed by atoms with Gasteiger partial charge in [-0.15, -0.1) is 11.8 Å². The predicted molar refractivity (Wildman–Crippen MR) is 78.4 cm³/mol. The van der Waals surface area contributed by atoms with Crippen LogP contribution in [0.15, 0.2) is 23.4 Å². The molecule has 0 aromatic carbocycles. The molecule has 2 N–H and O–H groups in total. The summed E-state index contributed by atoms with van der Waals surface area (Å²) in [5, 5.41) is 14.0. The summed E-state index contributed by atoms with van der Waals surface area (Å²) in [6, 6.07) is 3.70. The van der Waals surface area contributed by atoms with Crippen LogP contribution in [0.3, 0.4) is 0 Å². The van der Waals surface area contributed by atoms with E-state index < -0.39 is 0 Å². The number of nitrogens with zero attached hydrogens (tertiary/aromatic N) is 1. The maximum atomic E-state index is 9.26. The van der Waals surface area contributed by atoms with Gasteiger partial charge in [0.15, 0.2) is 0 Å². The van der Waals surface area contributed by atoms with Crippen molar-refractivity contribution < 1.29 is 5.11 Å². The van der Waals surface area contributed by atoms with Gasteiger partial charge in [0, 0.05) is 11.7 Å². The molecule has 1 heterocycles. The molecule has 0 spiro atoms. The van der Waals surface area contributed by atoms with Crippen LogP contribution >= 0.6 is 23.4 Å². The van der Waals surface area contributed by atoms with Crippen LogP contribution in [0.25, 0.3) is 0 Å². The number of aliphatic hydroxyl groups excluding tert-OH is 1. The first kappa shape index (κ1) is 15.8. The molecule has 3 nitrogen and oxygen atoms in total. The summed E-state index contributed by atoms with van der Waals surface area (Å²) in [6.07, 6.45) is 4.90. The Labute approximate surface area is 118 Å². The van der Waals surface area contributed by atoms with E-state index in [4.69, 9.17) is 11.6 Å². The van der Waals surface area contributed by atoms with Gasteiger partial charge in [0.25, 0.3) is 0 Å². The van der Waals surface area contributed by atoms with Crippen molar-refractivity contribution in [3.05, 3.63) is 23.4 Å². The van der Waals surface area contributed by atoms with Crippen molar-refractivity contribution in [3.8, 4) is 0 Å². The number of unbranched alkanes of at least 4 members (excludes halogenated alkanes) is 1. The molecule has 0 fully saturated rings. The molecule has 1 aromatic rings. The van der Waals surface area contributed by atoms with Gasteiger partial charge in [-0.2, -0.15) is 0 Å². The molecule has 0 saturated carbocycles. The van der Waals surface area contributed by atoms with Crippen LogP contribution in [0.1, 0.15) is 26.2 Å². The van der Waals surface area contributed by atoms with Gasteiger partial charge < -0.3 is 10.4 Å². The summed E-state index contributed by atoms with van der Waals surface area (Å²) >= 11 is 7.71. The third kappa shape index (κ3) is 5.14. The lowest BCUT2D eigenvalue weighted by atomic mass is 9.96. The molecule has 1 unspecified atom stereocenters. The molecule has 0 aliphatic heterocycles. The second-order valence-corrected chi connectivity index (χ2v) is 6.06. The Balaban J connectivity index is 2.22. The normalized spacial score (nSPS) is 14.4. The van der Waals surface area contributed by atoms with E-state index in [1.54, 1.807) is 18.0 Å². The van der Waals surface area contributed by atoms with Crippen molar-refractivity contribution in [1.29, 1.82) is 0 Å². The largest absolute Gasteiger partial charge is 0.394 e. The SMILES string of the molecule is CNC(C)(CO)CCCCSc1ncccc1Cl. The summed E-state index contributed by atoms with van der Waals surface area (Å²) in [4.78, 5) is 4.24. The smallest absolute Gasteiger partial charge is 0.115 e. The van der Waals surface area contributed by atoms with Crippen LogP contribution in [0.5, 0.6) is 0 Å². The summed E-state index contributed by atoms with van der Waals surface area (Å²) in [7, 11) is 1.89. The molecule has 102 valence electrons. The van der Waals surface area contributed by atoms with E-state index in [2.05, 4.69) is 10.3 Å². The number of aliphatic hydroxyl groups is 1. The monoisotopic (exact) mass is 288 g/mol. The van der Waals surface area contributed by atoms with Crippen molar-refractivity contribution in [2.24, 2.45) is 0 Å². The average molecular weight is 289 g/mol. The summed E-state index contributed by atoms with van der Waals surface area (Å²) < 4.78 is 0. The first-order valence-electron chi connectivity index (χ1n) is 6.14. The Morgan fingerprint density at radius 2 is 2.28 bits per heavy atom. The van der Waals surface area contributed by atoms with Crippen molar-refractivity contribution >= 4 is 23.4 Å². The first-order valence-corrected chi connectivity index (χ1v) is 7.51. The fraction of sp³-hybridized carbons (Fsp3) is 0.615. The summed E-state index contributed by atoms with van der Waals surface area (Å²) in [6.45, 7) is 2.21. The minimum Gasteiger partial charge on any atom is -0.394 e. The Morgan fingerprint density at radius 3 is 2.89 bits per heavy atom. The number of pyridine rings is 1. The molecule has 0 bridgehead atoms. The van der Waals surface area contributed by atoms with E-state index in [0.29, 0.717) is 0 Å². The number of thioether (sulfide) groups is 1. The van der Waals surface area contributed by atoms with E-state index in [-0.39, 0.29) is 12.1 Å². The van der Waals surface area contributed by atoms with Crippen molar-refractivity contribution in [2.75, 3.05) is 19.4 Å². The third-order valence-corrected chi connectivity index (χ3v) is 4.55. The highest BCUT2D eigenvalue weighted by molar-refractivity contribution is 7.99. The van der Waals surface area contributed by atoms with Gasteiger partial charge in [-0.1, -0.05) is 18.0 Å². The topological polar surface area (TPSA) is 45.1 Å². The molecule has 5 heteroatoms. The quantitative estimate of drug-likeness (QED) is 0.570. The number of hydrogen-bond donors (Lipinski definition) is 2. The van der Waals surface area contributed by atoms with Crippen LogP contribution in [-0.2, 0) is 0 Å². The Kier molecular flexibility index (Phi) is 7.00. The fourth-order valence-electron chi connectivity index (χ4n) is 1.55. The lowest BCUT2D eigenvalue weighted by Gasteiger charge is -2.26. The molecule has 0 saturated heterocycles. The number of rotatable bonds is 8. The highest BCUT2D eigenvalue weighted by Crippen LogP contribution is 2.25. The third-order valence-electron chi connectivity index (χ3n) is 3.04. The van der Waals surface area contributed by atoms with Gasteiger partial charge in [0.1, 0.15) is 5.03 Å². The van der Waals surface area contributed by atoms with Crippen LogP contribution in [0, 0.1) is 0 Å². The van der Waals surface area contributed by atoms with Crippen LogP contribution < -0.4 is 5.32 Å². The van der Waals surface area contributed by atoms with Gasteiger partial charge in [0.2, 0.25) is 0 Å². The molecular formula is C13H21ClN2OS. The Morgan fingerprint density at radius 1 is 1.50 bits per heavy atom. The van der Waals surface area contributed by atoms with Gasteiger partial charge >= 0.3 is 0 Å². The van der Waals surface area contributed by atoms with Crippen molar-refractivity contribution in [2.45, 2.75) is 36.8 Å². The molecule has 0 amide bonds. The van der Waals surface area contributed by atoms with Crippen molar-refractivity contribution in [1.82, 2.24) is 10.3 Å². The van der Waals surface area contributed by atoms with Gasteiger partial charge in [0.05, 0.1) is 11.6 Å². The number of likely N-dealkylation sites (N-methyl/N-ethyl adjacent to an activating group) is 1. The van der Waals surface area contributed by atoms with Gasteiger partial charge in [-0.25, -0.2) is 4.98 Å². The highest BCUT2D eigenvalue weighted by atomic mass is 35.5. The molecule has 0 aliphatic carbocycles. The van der Waals surface area contributed by atoms with Crippen LogP contribution in [0.4, 0.5) is 0 Å². The van der Waals surface area contributed by atoms with Crippen molar-refractivity contribution in [3.63, 3.8) is 0 Å². The lowest BCUT2D eigenvalue weighted by molar-refractivity contribution is 0.171. The minimum atomic E-state index is -0.159. The highest BCUT2D eigenvalue weighted by Gasteiger charge is 2.19. The molecule has 1 atom stereocenters. The molecule has 1 rings (SSSR count). The number of hydrogen-bond acceptors (Lipinski definition) is 4. The summed E-state index contributed by atoms with van der Waals surface area (Å²) in [5.41, 5.74) is -0.159. The summed E-state index contributed by atoms with van der Waals surface area (Å²) in [5.74, 6) is 1.00. The zero-order chi connectivity index (χ0) is 13.4. The van der Waals surface area contributed by atoms with E-state index in [0.717, 1.165) is 35.1 Å². The Bertz CT molecular complexity index is 359. The number of nitrogens with one attached hydrogen (secondary N) is 1. The van der Waals surface area contributed by atoms with Crippen LogP contribution in [0.2, 0.25) is 5.02 Å². The fourth-order valence-corrected chi connectivity index (χ4v) is 2.71. The second kappa shape index (κ2) is 8.00. The number of halogens is 1. The second-order valence-electron chi connectivity index (χ2n) is 4.56. The van der Waals surface area contributed by atoms with E-state index in [1.165, 1.54) is 0 Å². The molecular weight excluding hydrogens is 268 g/mol. The van der Waals surface area contributed by atoms with Gasteiger partial charge in [-0.05, 0) is 44.7 Å². The zero-order valence-corrected chi connectivity index (χ0v) is 12.5. The van der Waals surface area contributed by atoms with E-state index >= 15 is 0 Å². The number of aromatic nitrogens is 1. The Hall–Kier alpha value is -0.290. The van der Waals surface area contributed by atoms with E-state index in [1.807, 2.05) is 26.1 Å². The molecule has 0 radical (unpaired) electrons. The molecule has 1 aromatic heterocycles. The van der Waals surface area contributed by atoms with Gasteiger partial charge in [-0.3, -0.25) is 0 Å². The standard InChI is InChI=1S/C13H21ClN2OS/c1-13(10-17,15-2)7-3-4-9-18-12-11(14)6-5-8-16-12/h5-6,8,15,17H,3-4,7,9-10H2,1-2H3. The van der Waals surface area contributed by atoms with Crippen LogP contribution in [-0.4, -0.2) is 35.0 Å². The first-order chi connectivity index (χ1) is 8.61. The maximum absolute atomic E-state index is 9.26. The average Bonchev–Trinajstić information content (AvgIpc) is 2.40. The maximum Gasteiger partial charge on any atom is 0.115 e. The molecule has 18 heavy (non-hydrogen) atoms. The minimum absolute atomic E-state index is 0.159.